The number of aryl methyl sites for hydroxylation is 1. The number of nitrogens with one attached hydrogen (secondary N) is 6. The quantitative estimate of drug-likeness (QED) is 0.0764. The van der Waals surface area contributed by atoms with Crippen LogP contribution in [0.15, 0.2) is 109 Å². The van der Waals surface area contributed by atoms with Crippen LogP contribution < -0.4 is 36.6 Å². The van der Waals surface area contributed by atoms with Gasteiger partial charge < -0.3 is 36.6 Å². The van der Waals surface area contributed by atoms with Gasteiger partial charge in [-0.3, -0.25) is 0 Å². The number of hydrogen-bond acceptors (Lipinski definition) is 13. The lowest BCUT2D eigenvalue weighted by molar-refractivity contribution is 0.483. The molecule has 0 saturated heterocycles. The van der Waals surface area contributed by atoms with E-state index in [0.717, 1.165) is 22.7 Å². The summed E-state index contributed by atoms with van der Waals surface area (Å²) in [6.45, 7) is 2.33. The molecule has 0 amide bonds. The summed E-state index contributed by atoms with van der Waals surface area (Å²) in [5.74, 6) is 4.08. The summed E-state index contributed by atoms with van der Waals surface area (Å²) < 4.78 is 6.07. The Bertz CT molecular complexity index is 1860. The number of para-hydroxylation sites is 2. The Morgan fingerprint density at radius 3 is 1.24 bits per heavy atom. The van der Waals surface area contributed by atoms with Crippen molar-refractivity contribution in [1.29, 1.82) is 0 Å². The van der Waals surface area contributed by atoms with Crippen LogP contribution in [0.4, 0.5) is 52.5 Å². The summed E-state index contributed by atoms with van der Waals surface area (Å²) in [6.07, 6.45) is 0. The van der Waals surface area contributed by atoms with Gasteiger partial charge in [0.15, 0.2) is 0 Å². The first-order valence-electron chi connectivity index (χ1n) is 14.5. The molecule has 0 atom stereocenters. The highest BCUT2D eigenvalue weighted by molar-refractivity contribution is 5.61. The minimum absolute atomic E-state index is 0.389. The molecule has 46 heavy (non-hydrogen) atoms. The molecule has 6 N–H and O–H groups in total. The van der Waals surface area contributed by atoms with Gasteiger partial charge in [0.1, 0.15) is 17.3 Å². The molecule has 0 bridgehead atoms. The highest BCUT2D eigenvalue weighted by Gasteiger charge is 2.09. The van der Waals surface area contributed by atoms with E-state index in [2.05, 4.69) is 61.8 Å². The van der Waals surface area contributed by atoms with Crippen LogP contribution in [0.1, 0.15) is 5.82 Å². The Kier molecular flexibility index (Phi) is 9.32. The molecule has 2 aromatic heterocycles. The predicted octanol–water partition coefficient (Wildman–Crippen LogP) is 6.72. The molecule has 0 radical (unpaired) electrons. The lowest BCUT2D eigenvalue weighted by Crippen LogP contribution is -2.19. The van der Waals surface area contributed by atoms with E-state index in [1.54, 1.807) is 0 Å². The van der Waals surface area contributed by atoms with Gasteiger partial charge in [-0.15, -0.1) is 0 Å². The summed E-state index contributed by atoms with van der Waals surface area (Å²) >= 11 is 0. The van der Waals surface area contributed by atoms with E-state index in [-0.39, 0.29) is 0 Å². The Labute approximate surface area is 266 Å². The van der Waals surface area contributed by atoms with Gasteiger partial charge in [0.2, 0.25) is 29.7 Å². The summed E-state index contributed by atoms with van der Waals surface area (Å²) in [6, 6.07) is 34.5. The third-order valence-electron chi connectivity index (χ3n) is 6.32. The first-order chi connectivity index (χ1) is 22.6. The molecule has 0 saturated carbocycles. The number of hydrogen-bond donors (Lipinski definition) is 6. The predicted molar refractivity (Wildman–Crippen MR) is 181 cm³/mol. The molecule has 2 heterocycles. The Hall–Kier alpha value is -6.34. The monoisotopic (exact) mass is 612 g/mol. The lowest BCUT2D eigenvalue weighted by Gasteiger charge is -2.12. The molecule has 0 spiro atoms. The third kappa shape index (κ3) is 8.39. The molecule has 0 aliphatic carbocycles. The van der Waals surface area contributed by atoms with Crippen molar-refractivity contribution >= 4 is 52.5 Å². The Balaban J connectivity index is 1.08. The average Bonchev–Trinajstić information content (AvgIpc) is 3.06. The van der Waals surface area contributed by atoms with Gasteiger partial charge in [-0.2, -0.15) is 29.9 Å². The highest BCUT2D eigenvalue weighted by atomic mass is 16.5. The van der Waals surface area contributed by atoms with Gasteiger partial charge in [-0.25, -0.2) is 0 Å². The molecule has 13 heteroatoms. The van der Waals surface area contributed by atoms with Crippen molar-refractivity contribution in [3.8, 4) is 11.5 Å². The molecular weight excluding hydrogens is 580 g/mol. The van der Waals surface area contributed by atoms with Gasteiger partial charge in [0.25, 0.3) is 0 Å². The zero-order valence-electron chi connectivity index (χ0n) is 25.2. The molecule has 13 nitrogen and oxygen atoms in total. The van der Waals surface area contributed by atoms with E-state index in [9.17, 15) is 0 Å². The maximum absolute atomic E-state index is 6.07. The number of benzene rings is 4. The Morgan fingerprint density at radius 2 is 0.826 bits per heavy atom. The molecule has 230 valence electrons. The van der Waals surface area contributed by atoms with Crippen molar-refractivity contribution < 1.29 is 4.74 Å². The second-order valence-electron chi connectivity index (χ2n) is 9.93. The van der Waals surface area contributed by atoms with E-state index >= 15 is 0 Å². The van der Waals surface area contributed by atoms with Crippen molar-refractivity contribution in [2.45, 2.75) is 6.92 Å². The fourth-order valence-electron chi connectivity index (χ4n) is 4.24. The first kappa shape index (κ1) is 29.7. The molecule has 0 unspecified atom stereocenters. The zero-order valence-corrected chi connectivity index (χ0v) is 25.2. The van der Waals surface area contributed by atoms with Gasteiger partial charge in [0.05, 0.1) is 6.67 Å². The average molecular weight is 613 g/mol. The van der Waals surface area contributed by atoms with E-state index in [4.69, 9.17) is 4.74 Å². The zero-order chi connectivity index (χ0) is 31.6. The maximum atomic E-state index is 6.07. The minimum Gasteiger partial charge on any atom is -0.457 e. The van der Waals surface area contributed by atoms with Crippen LogP contribution in [0, 0.1) is 6.92 Å². The van der Waals surface area contributed by atoms with E-state index < -0.39 is 0 Å². The van der Waals surface area contributed by atoms with Crippen molar-refractivity contribution in [3.63, 3.8) is 0 Å². The number of anilines is 9. The van der Waals surface area contributed by atoms with Gasteiger partial charge >= 0.3 is 0 Å². The van der Waals surface area contributed by atoms with Crippen LogP contribution in [0.3, 0.4) is 0 Å². The van der Waals surface area contributed by atoms with Crippen molar-refractivity contribution in [1.82, 2.24) is 35.2 Å². The molecule has 6 aromatic rings. The first-order valence-corrected chi connectivity index (χ1v) is 14.5. The summed E-state index contributed by atoms with van der Waals surface area (Å²) in [5, 5.41) is 19.0. The fraction of sp³-hybridized carbons (Fsp3) is 0.0909. The molecule has 6 rings (SSSR count). The lowest BCUT2D eigenvalue weighted by atomic mass is 10.3. The molecule has 0 aliphatic heterocycles. The molecular formula is C33H32N12O. The maximum Gasteiger partial charge on any atom is 0.233 e. The second-order valence-corrected chi connectivity index (χ2v) is 9.93. The van der Waals surface area contributed by atoms with Crippen LogP contribution in [-0.4, -0.2) is 43.6 Å². The number of nitrogens with zero attached hydrogens (tertiary/aromatic N) is 6. The van der Waals surface area contributed by atoms with Crippen LogP contribution in [0.5, 0.6) is 11.5 Å². The SMILES string of the molecule is CNCNc1nc(Nc2ccccc2)nc(Nc2ccc(Oc3ccc(Nc4nc(C)nc(Nc5ccccc5)n4)cc3)cc2)n1. The highest BCUT2D eigenvalue weighted by Crippen LogP contribution is 2.27. The van der Waals surface area contributed by atoms with E-state index in [1.165, 1.54) is 0 Å². The topological polar surface area (TPSA) is 159 Å². The van der Waals surface area contributed by atoms with Crippen molar-refractivity contribution in [2.24, 2.45) is 0 Å². The largest absolute Gasteiger partial charge is 0.457 e. The standard InChI is InChI=1S/C33H32N12O/c1-22-36-30(38-23-9-5-3-6-10-23)44-31(37-22)40-25-13-17-27(18-14-25)46-28-19-15-26(16-20-28)41-33-43-29(35-21-34-2)42-32(45-33)39-24-11-7-4-8-12-24/h3-20,34H,21H2,1-2H3,(H2,36,37,38,40,44)(H3,35,39,41,42,43,45). The van der Waals surface area contributed by atoms with Crippen LogP contribution in [-0.2, 0) is 0 Å². The van der Waals surface area contributed by atoms with Gasteiger partial charge in [0, 0.05) is 22.7 Å². The second kappa shape index (κ2) is 14.4. The van der Waals surface area contributed by atoms with Crippen molar-refractivity contribution in [3.05, 3.63) is 115 Å². The summed E-state index contributed by atoms with van der Waals surface area (Å²) in [5.41, 5.74) is 3.37. The number of ether oxygens (including phenoxy) is 1. The third-order valence-corrected chi connectivity index (χ3v) is 6.32. The summed E-state index contributed by atoms with van der Waals surface area (Å²) in [4.78, 5) is 26.8. The summed E-state index contributed by atoms with van der Waals surface area (Å²) in [7, 11) is 1.84. The number of aromatic nitrogens is 6. The smallest absolute Gasteiger partial charge is 0.233 e. The Morgan fingerprint density at radius 1 is 0.457 bits per heavy atom. The van der Waals surface area contributed by atoms with Gasteiger partial charge in [-0.1, -0.05) is 36.4 Å². The van der Waals surface area contributed by atoms with Gasteiger partial charge in [-0.05, 0) is 86.8 Å². The molecule has 0 aliphatic rings. The van der Waals surface area contributed by atoms with Crippen LogP contribution >= 0.6 is 0 Å². The van der Waals surface area contributed by atoms with Crippen LogP contribution in [0.2, 0.25) is 0 Å². The fourth-order valence-corrected chi connectivity index (χ4v) is 4.24. The minimum atomic E-state index is 0.389. The molecule has 0 fully saturated rings. The van der Waals surface area contributed by atoms with E-state index in [0.29, 0.717) is 53.7 Å². The number of rotatable bonds is 13. The van der Waals surface area contributed by atoms with Crippen LogP contribution in [0.25, 0.3) is 0 Å². The molecule has 4 aromatic carbocycles. The normalized spacial score (nSPS) is 10.6. The van der Waals surface area contributed by atoms with Crippen molar-refractivity contribution in [2.75, 3.05) is 40.3 Å². The van der Waals surface area contributed by atoms with E-state index in [1.807, 2.05) is 123 Å².